The summed E-state index contributed by atoms with van der Waals surface area (Å²) in [6, 6.07) is 35.0. The summed E-state index contributed by atoms with van der Waals surface area (Å²) in [4.78, 5) is 43.7. The molecule has 1 N–H and O–H groups in total. The van der Waals surface area contributed by atoms with Crippen LogP contribution < -0.4 is 0 Å². The van der Waals surface area contributed by atoms with Gasteiger partial charge in [-0.3, -0.25) is 9.59 Å². The number of hydrogen-bond acceptors (Lipinski definition) is 4. The lowest BCUT2D eigenvalue weighted by Crippen LogP contribution is -2.25. The molecule has 180 valence electrons. The van der Waals surface area contributed by atoms with Crippen LogP contribution in [-0.4, -0.2) is 29.6 Å². The van der Waals surface area contributed by atoms with Gasteiger partial charge in [0.2, 0.25) is 0 Å². The van der Waals surface area contributed by atoms with E-state index in [9.17, 15) is 14.4 Å². The molecule has 5 heteroatoms. The summed E-state index contributed by atoms with van der Waals surface area (Å²) in [5.41, 5.74) is 4.14. The van der Waals surface area contributed by atoms with Gasteiger partial charge in [0.25, 0.3) is 5.78 Å². The molecule has 0 fully saturated rings. The number of benzene rings is 4. The second kappa shape index (κ2) is 10.3. The van der Waals surface area contributed by atoms with Crippen molar-refractivity contribution in [2.45, 2.75) is 0 Å². The summed E-state index contributed by atoms with van der Waals surface area (Å²) < 4.78 is 4.80. The van der Waals surface area contributed by atoms with Crippen LogP contribution in [0, 0.1) is 0 Å². The third-order valence-corrected chi connectivity index (χ3v) is 6.19. The maximum absolute atomic E-state index is 14.0. The number of H-pyrrole nitrogens is 1. The number of hydrogen-bond donors (Lipinski definition) is 1. The van der Waals surface area contributed by atoms with Crippen molar-refractivity contribution in [2.24, 2.45) is 0 Å². The lowest BCUT2D eigenvalue weighted by Gasteiger charge is -2.16. The molecule has 1 heterocycles. The molecule has 0 bridgehead atoms. The second-order valence-corrected chi connectivity index (χ2v) is 8.42. The normalized spacial score (nSPS) is 11.6. The SMILES string of the molecule is COC(=O)C(=O)/C(C(=O)c1ccccc1)=C(/c1ccccc1)c1c(-c2ccccc2)[nH]c2ccccc12. The average molecular weight is 486 g/mol. The Morgan fingerprint density at radius 1 is 0.649 bits per heavy atom. The van der Waals surface area contributed by atoms with E-state index in [1.54, 1.807) is 30.3 Å². The predicted octanol–water partition coefficient (Wildman–Crippen LogP) is 6.26. The molecule has 0 radical (unpaired) electrons. The van der Waals surface area contributed by atoms with E-state index in [2.05, 4.69) is 4.98 Å². The summed E-state index contributed by atoms with van der Waals surface area (Å²) in [7, 11) is 1.13. The summed E-state index contributed by atoms with van der Waals surface area (Å²) in [6.45, 7) is 0. The molecule has 5 aromatic rings. The zero-order valence-electron chi connectivity index (χ0n) is 20.1. The Balaban J connectivity index is 1.95. The molecule has 0 aliphatic rings. The molecule has 0 atom stereocenters. The van der Waals surface area contributed by atoms with Crippen LogP contribution in [0.2, 0.25) is 0 Å². The predicted molar refractivity (Wildman–Crippen MR) is 144 cm³/mol. The van der Waals surface area contributed by atoms with Crippen LogP contribution in [-0.2, 0) is 14.3 Å². The van der Waals surface area contributed by atoms with Crippen molar-refractivity contribution in [1.82, 2.24) is 4.98 Å². The molecular formula is C32H23NO4. The van der Waals surface area contributed by atoms with E-state index in [0.29, 0.717) is 22.3 Å². The van der Waals surface area contributed by atoms with Gasteiger partial charge in [-0.1, -0.05) is 109 Å². The van der Waals surface area contributed by atoms with E-state index in [-0.39, 0.29) is 5.57 Å². The number of aromatic amines is 1. The van der Waals surface area contributed by atoms with Crippen molar-refractivity contribution in [3.63, 3.8) is 0 Å². The Morgan fingerprint density at radius 2 is 1.19 bits per heavy atom. The minimum Gasteiger partial charge on any atom is -0.463 e. The molecule has 0 unspecified atom stereocenters. The van der Waals surface area contributed by atoms with Crippen LogP contribution in [0.25, 0.3) is 27.7 Å². The van der Waals surface area contributed by atoms with Crippen LogP contribution in [0.1, 0.15) is 21.5 Å². The van der Waals surface area contributed by atoms with Crippen LogP contribution >= 0.6 is 0 Å². The highest BCUT2D eigenvalue weighted by Crippen LogP contribution is 2.40. The smallest absolute Gasteiger partial charge is 0.379 e. The quantitative estimate of drug-likeness (QED) is 0.0737. The fourth-order valence-corrected chi connectivity index (χ4v) is 4.50. The number of ether oxygens (including phenoxy) is 1. The lowest BCUT2D eigenvalue weighted by atomic mass is 9.85. The molecule has 0 aliphatic heterocycles. The maximum Gasteiger partial charge on any atom is 0.379 e. The second-order valence-electron chi connectivity index (χ2n) is 8.42. The number of aromatic nitrogens is 1. The van der Waals surface area contributed by atoms with Gasteiger partial charge in [0.15, 0.2) is 5.78 Å². The van der Waals surface area contributed by atoms with Crippen LogP contribution in [0.4, 0.5) is 0 Å². The Kier molecular flexibility index (Phi) is 6.60. The number of carbonyl (C=O) groups excluding carboxylic acids is 3. The number of nitrogens with one attached hydrogen (secondary N) is 1. The lowest BCUT2D eigenvalue weighted by molar-refractivity contribution is -0.149. The summed E-state index contributed by atoms with van der Waals surface area (Å²) in [5.74, 6) is -2.66. The monoisotopic (exact) mass is 485 g/mol. The van der Waals surface area contributed by atoms with Gasteiger partial charge in [0, 0.05) is 27.6 Å². The number of ketones is 2. The van der Waals surface area contributed by atoms with E-state index in [1.807, 2.05) is 84.9 Å². The zero-order valence-corrected chi connectivity index (χ0v) is 20.1. The maximum atomic E-state index is 14.0. The van der Waals surface area contributed by atoms with Gasteiger partial charge in [-0.25, -0.2) is 4.79 Å². The van der Waals surface area contributed by atoms with E-state index >= 15 is 0 Å². The van der Waals surface area contributed by atoms with Crippen molar-refractivity contribution < 1.29 is 19.1 Å². The average Bonchev–Trinajstić information content (AvgIpc) is 3.35. The van der Waals surface area contributed by atoms with Crippen molar-refractivity contribution in [3.8, 4) is 11.3 Å². The summed E-state index contributed by atoms with van der Waals surface area (Å²) in [5, 5.41) is 0.816. The zero-order chi connectivity index (χ0) is 25.8. The molecule has 5 nitrogen and oxygen atoms in total. The van der Waals surface area contributed by atoms with E-state index in [0.717, 1.165) is 29.3 Å². The molecular weight excluding hydrogens is 462 g/mol. The van der Waals surface area contributed by atoms with Gasteiger partial charge in [-0.15, -0.1) is 0 Å². The number of para-hydroxylation sites is 1. The molecule has 0 spiro atoms. The molecule has 0 amide bonds. The molecule has 1 aromatic heterocycles. The number of methoxy groups -OCH3 is 1. The molecule has 5 rings (SSSR count). The topological polar surface area (TPSA) is 76.2 Å². The standard InChI is InChI=1S/C32H23NO4/c1-37-32(36)31(35)28(30(34)23-17-9-4-10-18-23)26(21-13-5-2-6-14-21)27-24-19-11-12-20-25(24)33-29(27)22-15-7-3-8-16-22/h2-20,33H,1H3/b28-26-. The fraction of sp³-hybridized carbons (Fsp3) is 0.0312. The fourth-order valence-electron chi connectivity index (χ4n) is 4.50. The van der Waals surface area contributed by atoms with Gasteiger partial charge in [-0.05, 0) is 17.2 Å². The highest BCUT2D eigenvalue weighted by atomic mass is 16.5. The number of esters is 1. The van der Waals surface area contributed by atoms with E-state index in [1.165, 1.54) is 0 Å². The van der Waals surface area contributed by atoms with Crippen molar-refractivity contribution >= 4 is 34.0 Å². The number of Topliss-reactive ketones (excluding diaryl/α,β-unsaturated/α-hetero) is 2. The molecule has 0 saturated heterocycles. The minimum absolute atomic E-state index is 0.244. The molecule has 0 saturated carbocycles. The third-order valence-electron chi connectivity index (χ3n) is 6.19. The Bertz CT molecular complexity index is 1630. The molecule has 37 heavy (non-hydrogen) atoms. The number of carbonyl (C=O) groups is 3. The summed E-state index contributed by atoms with van der Waals surface area (Å²) >= 11 is 0. The number of rotatable bonds is 7. The minimum atomic E-state index is -1.10. The first kappa shape index (κ1) is 23.7. The van der Waals surface area contributed by atoms with Gasteiger partial charge in [0.05, 0.1) is 18.4 Å². The molecule has 0 aliphatic carbocycles. The van der Waals surface area contributed by atoms with Crippen LogP contribution in [0.15, 0.2) is 121 Å². The van der Waals surface area contributed by atoms with Crippen molar-refractivity contribution in [1.29, 1.82) is 0 Å². The Hall–Kier alpha value is -5.03. The van der Waals surface area contributed by atoms with Crippen molar-refractivity contribution in [2.75, 3.05) is 7.11 Å². The van der Waals surface area contributed by atoms with E-state index < -0.39 is 17.5 Å². The van der Waals surface area contributed by atoms with Gasteiger partial charge in [-0.2, -0.15) is 0 Å². The Morgan fingerprint density at radius 3 is 1.81 bits per heavy atom. The highest BCUT2D eigenvalue weighted by Gasteiger charge is 2.33. The van der Waals surface area contributed by atoms with E-state index in [4.69, 9.17) is 4.74 Å². The first-order chi connectivity index (χ1) is 18.1. The molecule has 4 aromatic carbocycles. The highest BCUT2D eigenvalue weighted by molar-refractivity contribution is 6.51. The number of fused-ring (bicyclic) bond motifs is 1. The Labute approximate surface area is 214 Å². The van der Waals surface area contributed by atoms with Crippen LogP contribution in [0.5, 0.6) is 0 Å². The van der Waals surface area contributed by atoms with Gasteiger partial charge < -0.3 is 9.72 Å². The van der Waals surface area contributed by atoms with Crippen LogP contribution in [0.3, 0.4) is 0 Å². The first-order valence-corrected chi connectivity index (χ1v) is 11.8. The largest absolute Gasteiger partial charge is 0.463 e. The third kappa shape index (κ3) is 4.50. The summed E-state index contributed by atoms with van der Waals surface area (Å²) in [6.07, 6.45) is 0. The van der Waals surface area contributed by atoms with Crippen molar-refractivity contribution in [3.05, 3.63) is 138 Å². The van der Waals surface area contributed by atoms with Gasteiger partial charge in [0.1, 0.15) is 0 Å². The van der Waals surface area contributed by atoms with Gasteiger partial charge >= 0.3 is 5.97 Å². The first-order valence-electron chi connectivity index (χ1n) is 11.8.